The molecule has 34 heavy (non-hydrogen) atoms. The second kappa shape index (κ2) is 10.8. The van der Waals surface area contributed by atoms with E-state index in [4.69, 9.17) is 9.47 Å². The summed E-state index contributed by atoms with van der Waals surface area (Å²) in [5.74, 6) is 1.37. The Hall–Kier alpha value is -2.58. The lowest BCUT2D eigenvalue weighted by atomic mass is 9.94. The number of carbonyl (C=O) groups excluding carboxylic acids is 1. The van der Waals surface area contributed by atoms with Gasteiger partial charge in [0.15, 0.2) is 0 Å². The van der Waals surface area contributed by atoms with Crippen molar-refractivity contribution in [3.05, 3.63) is 59.7 Å². The number of fused-ring (bicyclic) bond motifs is 1. The summed E-state index contributed by atoms with van der Waals surface area (Å²) in [7, 11) is -3.49. The van der Waals surface area contributed by atoms with Crippen LogP contribution >= 0.6 is 0 Å². The Bertz CT molecular complexity index is 1080. The van der Waals surface area contributed by atoms with Crippen LogP contribution in [0.15, 0.2) is 53.4 Å². The minimum Gasteiger partial charge on any atom is -0.494 e. The van der Waals surface area contributed by atoms with Gasteiger partial charge in [0.1, 0.15) is 5.75 Å². The first-order valence-corrected chi connectivity index (χ1v) is 13.5. The van der Waals surface area contributed by atoms with Gasteiger partial charge in [-0.15, -0.1) is 0 Å². The molecule has 0 aliphatic carbocycles. The standard InChI is InChI=1S/C26H34N2O5S/c1-20(2)33-26(29)27-14-10-21(11-15-27)13-17-32-24-9-8-23-19-28(16-12-22(23)18-24)34(30,31)25-6-4-3-5-7-25/h3-9,18,20-21H,10-17,19H2,1-2H3. The van der Waals surface area contributed by atoms with Crippen molar-refractivity contribution in [2.45, 2.75) is 57.1 Å². The molecule has 1 fully saturated rings. The zero-order chi connectivity index (χ0) is 24.1. The van der Waals surface area contributed by atoms with Gasteiger partial charge in [-0.25, -0.2) is 13.2 Å². The molecule has 0 bridgehead atoms. The highest BCUT2D eigenvalue weighted by atomic mass is 32.2. The van der Waals surface area contributed by atoms with Crippen LogP contribution < -0.4 is 4.74 Å². The molecule has 0 N–H and O–H groups in total. The largest absolute Gasteiger partial charge is 0.494 e. The molecule has 1 amide bonds. The van der Waals surface area contributed by atoms with Crippen LogP contribution in [0, 0.1) is 5.92 Å². The maximum atomic E-state index is 12.9. The van der Waals surface area contributed by atoms with Gasteiger partial charge in [-0.1, -0.05) is 24.3 Å². The van der Waals surface area contributed by atoms with E-state index < -0.39 is 10.0 Å². The fourth-order valence-electron chi connectivity index (χ4n) is 4.56. The first kappa shape index (κ1) is 24.5. The smallest absolute Gasteiger partial charge is 0.410 e. The Morgan fingerprint density at radius 3 is 2.47 bits per heavy atom. The van der Waals surface area contributed by atoms with Crippen molar-refractivity contribution in [3.8, 4) is 5.75 Å². The fourth-order valence-corrected chi connectivity index (χ4v) is 6.00. The highest BCUT2D eigenvalue weighted by Crippen LogP contribution is 2.28. The van der Waals surface area contributed by atoms with Crippen molar-refractivity contribution in [1.29, 1.82) is 0 Å². The van der Waals surface area contributed by atoms with Crippen molar-refractivity contribution >= 4 is 16.1 Å². The van der Waals surface area contributed by atoms with Crippen LogP contribution in [0.5, 0.6) is 5.75 Å². The first-order chi connectivity index (χ1) is 16.3. The molecule has 2 aromatic rings. The number of rotatable bonds is 7. The van der Waals surface area contributed by atoms with E-state index in [-0.39, 0.29) is 12.2 Å². The van der Waals surface area contributed by atoms with Gasteiger partial charge in [0.25, 0.3) is 0 Å². The number of likely N-dealkylation sites (tertiary alicyclic amines) is 1. The van der Waals surface area contributed by atoms with Gasteiger partial charge >= 0.3 is 6.09 Å². The summed E-state index contributed by atoms with van der Waals surface area (Å²) in [6.07, 6.45) is 3.25. The Kier molecular flexibility index (Phi) is 7.78. The number of hydrogen-bond acceptors (Lipinski definition) is 5. The summed E-state index contributed by atoms with van der Waals surface area (Å²) in [4.78, 5) is 14.1. The Labute approximate surface area is 202 Å². The van der Waals surface area contributed by atoms with E-state index in [1.54, 1.807) is 33.5 Å². The van der Waals surface area contributed by atoms with E-state index in [0.717, 1.165) is 49.2 Å². The molecule has 0 saturated carbocycles. The van der Waals surface area contributed by atoms with E-state index in [0.29, 0.717) is 36.9 Å². The summed E-state index contributed by atoms with van der Waals surface area (Å²) in [5, 5.41) is 0. The summed E-state index contributed by atoms with van der Waals surface area (Å²) >= 11 is 0. The molecule has 0 radical (unpaired) electrons. The lowest BCUT2D eigenvalue weighted by Crippen LogP contribution is -2.39. The number of benzene rings is 2. The molecule has 2 aliphatic rings. The molecule has 0 spiro atoms. The number of amides is 1. The molecular formula is C26H34N2O5S. The average molecular weight is 487 g/mol. The monoisotopic (exact) mass is 486 g/mol. The van der Waals surface area contributed by atoms with Crippen LogP contribution in [0.4, 0.5) is 4.79 Å². The normalized spacial score (nSPS) is 17.4. The van der Waals surface area contributed by atoms with Gasteiger partial charge in [-0.2, -0.15) is 4.31 Å². The van der Waals surface area contributed by atoms with Gasteiger partial charge in [0, 0.05) is 26.2 Å². The second-order valence-corrected chi connectivity index (χ2v) is 11.3. The summed E-state index contributed by atoms with van der Waals surface area (Å²) < 4.78 is 38.7. The zero-order valence-corrected chi connectivity index (χ0v) is 20.8. The van der Waals surface area contributed by atoms with Gasteiger partial charge in [-0.3, -0.25) is 0 Å². The van der Waals surface area contributed by atoms with E-state index in [2.05, 4.69) is 0 Å². The number of carbonyl (C=O) groups is 1. The van der Waals surface area contributed by atoms with Crippen molar-refractivity contribution in [2.24, 2.45) is 5.92 Å². The van der Waals surface area contributed by atoms with Gasteiger partial charge in [0.2, 0.25) is 10.0 Å². The predicted molar refractivity (Wildman–Crippen MR) is 130 cm³/mol. The minimum atomic E-state index is -3.49. The Morgan fingerprint density at radius 2 is 1.76 bits per heavy atom. The van der Waals surface area contributed by atoms with Crippen LogP contribution in [-0.2, 0) is 27.7 Å². The molecule has 4 rings (SSSR count). The Balaban J connectivity index is 1.25. The number of piperidine rings is 1. The topological polar surface area (TPSA) is 76.2 Å². The summed E-state index contributed by atoms with van der Waals surface area (Å²) in [6, 6.07) is 14.6. The van der Waals surface area contributed by atoms with Crippen LogP contribution in [0.25, 0.3) is 0 Å². The van der Waals surface area contributed by atoms with Crippen LogP contribution in [-0.4, -0.2) is 56.1 Å². The molecule has 0 aromatic heterocycles. The maximum absolute atomic E-state index is 12.9. The predicted octanol–water partition coefficient (Wildman–Crippen LogP) is 4.46. The molecule has 7 nitrogen and oxygen atoms in total. The van der Waals surface area contributed by atoms with E-state index in [9.17, 15) is 13.2 Å². The minimum absolute atomic E-state index is 0.0911. The number of nitrogens with zero attached hydrogens (tertiary/aromatic N) is 2. The summed E-state index contributed by atoms with van der Waals surface area (Å²) in [5.41, 5.74) is 2.17. The second-order valence-electron chi connectivity index (χ2n) is 9.33. The highest BCUT2D eigenvalue weighted by molar-refractivity contribution is 7.89. The van der Waals surface area contributed by atoms with E-state index >= 15 is 0 Å². The van der Waals surface area contributed by atoms with Crippen molar-refractivity contribution in [3.63, 3.8) is 0 Å². The van der Waals surface area contributed by atoms with Gasteiger partial charge < -0.3 is 14.4 Å². The van der Waals surface area contributed by atoms with E-state index in [1.807, 2.05) is 38.1 Å². The van der Waals surface area contributed by atoms with Gasteiger partial charge in [-0.05, 0) is 80.8 Å². The van der Waals surface area contributed by atoms with Gasteiger partial charge in [0.05, 0.1) is 17.6 Å². The molecule has 0 atom stereocenters. The number of ether oxygens (including phenoxy) is 2. The molecular weight excluding hydrogens is 452 g/mol. The molecule has 2 heterocycles. The lowest BCUT2D eigenvalue weighted by molar-refractivity contribution is 0.0637. The molecule has 2 aromatic carbocycles. The first-order valence-electron chi connectivity index (χ1n) is 12.1. The van der Waals surface area contributed by atoms with Crippen LogP contribution in [0.1, 0.15) is 44.2 Å². The quantitative estimate of drug-likeness (QED) is 0.578. The third-order valence-corrected chi connectivity index (χ3v) is 8.40. The third-order valence-electron chi connectivity index (χ3n) is 6.54. The third kappa shape index (κ3) is 5.91. The number of sulfonamides is 1. The fraction of sp³-hybridized carbons (Fsp3) is 0.500. The van der Waals surface area contributed by atoms with Crippen molar-refractivity contribution < 1.29 is 22.7 Å². The van der Waals surface area contributed by atoms with Crippen molar-refractivity contribution in [2.75, 3.05) is 26.2 Å². The average Bonchev–Trinajstić information content (AvgIpc) is 2.84. The van der Waals surface area contributed by atoms with Crippen molar-refractivity contribution in [1.82, 2.24) is 9.21 Å². The lowest BCUT2D eigenvalue weighted by Gasteiger charge is -2.31. The Morgan fingerprint density at radius 1 is 1.03 bits per heavy atom. The number of hydrogen-bond donors (Lipinski definition) is 0. The molecule has 1 saturated heterocycles. The van der Waals surface area contributed by atoms with E-state index in [1.165, 1.54) is 0 Å². The SMILES string of the molecule is CC(C)OC(=O)N1CCC(CCOc2ccc3c(c2)CCN(S(=O)(=O)c2ccccc2)C3)CC1. The van der Waals surface area contributed by atoms with Crippen LogP contribution in [0.2, 0.25) is 0 Å². The molecule has 2 aliphatic heterocycles. The highest BCUT2D eigenvalue weighted by Gasteiger charge is 2.28. The molecule has 184 valence electrons. The zero-order valence-electron chi connectivity index (χ0n) is 20.0. The summed E-state index contributed by atoms with van der Waals surface area (Å²) in [6.45, 7) is 6.68. The molecule has 0 unspecified atom stereocenters. The maximum Gasteiger partial charge on any atom is 0.410 e. The molecule has 8 heteroatoms. The van der Waals surface area contributed by atoms with Crippen LogP contribution in [0.3, 0.4) is 0 Å².